The maximum atomic E-state index is 13.6. The minimum Gasteiger partial charge on any atom is -0.475 e. The van der Waals surface area contributed by atoms with Gasteiger partial charge in [0, 0.05) is 23.7 Å². The van der Waals surface area contributed by atoms with Gasteiger partial charge in [0.05, 0.1) is 0 Å². The largest absolute Gasteiger partial charge is 0.475 e. The molecule has 0 saturated heterocycles. The molecule has 0 radical (unpaired) electrons. The Hall–Kier alpha value is -2.14. The van der Waals surface area contributed by atoms with Crippen LogP contribution in [0, 0.1) is 12.7 Å². The Morgan fingerprint density at radius 1 is 1.45 bits per heavy atom. The second-order valence-corrected chi connectivity index (χ2v) is 4.62. The lowest BCUT2D eigenvalue weighted by Crippen LogP contribution is -2.19. The summed E-state index contributed by atoms with van der Waals surface area (Å²) in [4.78, 5) is 10.8. The fraction of sp³-hybridized carbons (Fsp3) is 0.267. The van der Waals surface area contributed by atoms with Crippen LogP contribution in [0.2, 0.25) is 0 Å². The van der Waals surface area contributed by atoms with Gasteiger partial charge < -0.3 is 14.8 Å². The molecule has 0 fully saturated rings. The molecule has 20 heavy (non-hydrogen) atoms. The van der Waals surface area contributed by atoms with Crippen molar-refractivity contribution in [2.24, 2.45) is 0 Å². The molecule has 106 valence electrons. The molecule has 0 bridgehead atoms. The first-order chi connectivity index (χ1) is 9.49. The van der Waals surface area contributed by atoms with E-state index in [9.17, 15) is 9.18 Å². The van der Waals surface area contributed by atoms with Crippen LogP contribution in [-0.2, 0) is 6.54 Å². The normalized spacial score (nSPS) is 12.3. The highest BCUT2D eigenvalue weighted by atomic mass is 19.1. The third-order valence-electron chi connectivity index (χ3n) is 3.20. The number of furan rings is 1. The van der Waals surface area contributed by atoms with Crippen molar-refractivity contribution in [2.45, 2.75) is 26.4 Å². The average molecular weight is 277 g/mol. The molecular formula is C15H16FNO3. The van der Waals surface area contributed by atoms with Gasteiger partial charge in [-0.25, -0.2) is 9.18 Å². The number of aromatic carboxylic acids is 1. The maximum Gasteiger partial charge on any atom is 0.371 e. The van der Waals surface area contributed by atoms with E-state index in [-0.39, 0.29) is 17.6 Å². The van der Waals surface area contributed by atoms with Crippen molar-refractivity contribution < 1.29 is 18.7 Å². The molecular weight excluding hydrogens is 261 g/mol. The van der Waals surface area contributed by atoms with E-state index >= 15 is 0 Å². The lowest BCUT2D eigenvalue weighted by atomic mass is 10.1. The predicted octanol–water partition coefficient (Wildman–Crippen LogP) is 3.28. The molecule has 1 aromatic carbocycles. The number of aryl methyl sites for hydroxylation is 1. The van der Waals surface area contributed by atoms with Crippen molar-refractivity contribution in [3.63, 3.8) is 0 Å². The van der Waals surface area contributed by atoms with E-state index in [2.05, 4.69) is 5.32 Å². The number of hydrogen-bond donors (Lipinski definition) is 2. The molecule has 2 N–H and O–H groups in total. The number of carboxylic acid groups (broad SMARTS) is 1. The zero-order chi connectivity index (χ0) is 14.7. The minimum absolute atomic E-state index is 0.0853. The van der Waals surface area contributed by atoms with Gasteiger partial charge in [0.2, 0.25) is 5.76 Å². The lowest BCUT2D eigenvalue weighted by molar-refractivity contribution is 0.0661. The van der Waals surface area contributed by atoms with Gasteiger partial charge in [-0.1, -0.05) is 18.2 Å². The van der Waals surface area contributed by atoms with Gasteiger partial charge in [0.25, 0.3) is 0 Å². The first-order valence-electron chi connectivity index (χ1n) is 6.29. The molecule has 1 atom stereocenters. The first kappa shape index (κ1) is 14.3. The second kappa shape index (κ2) is 5.88. The van der Waals surface area contributed by atoms with Gasteiger partial charge in [0.15, 0.2) is 0 Å². The fourth-order valence-corrected chi connectivity index (χ4v) is 2.00. The summed E-state index contributed by atoms with van der Waals surface area (Å²) in [5, 5.41) is 12.0. The fourth-order valence-electron chi connectivity index (χ4n) is 2.00. The number of benzene rings is 1. The SMILES string of the molecule is Cc1oc(C(=O)O)cc1CN[C@H](C)c1ccccc1F. The van der Waals surface area contributed by atoms with Crippen LogP contribution in [0.5, 0.6) is 0 Å². The molecule has 0 saturated carbocycles. The van der Waals surface area contributed by atoms with E-state index in [1.54, 1.807) is 25.1 Å². The summed E-state index contributed by atoms with van der Waals surface area (Å²) < 4.78 is 18.7. The highest BCUT2D eigenvalue weighted by molar-refractivity contribution is 5.84. The van der Waals surface area contributed by atoms with Gasteiger partial charge in [-0.05, 0) is 26.0 Å². The Bertz CT molecular complexity index is 621. The summed E-state index contributed by atoms with van der Waals surface area (Å²) >= 11 is 0. The summed E-state index contributed by atoms with van der Waals surface area (Å²) in [6.45, 7) is 3.97. The van der Waals surface area contributed by atoms with Gasteiger partial charge in [-0.3, -0.25) is 0 Å². The maximum absolute atomic E-state index is 13.6. The molecule has 0 amide bonds. The Morgan fingerprint density at radius 3 is 2.75 bits per heavy atom. The van der Waals surface area contributed by atoms with Crippen molar-refractivity contribution >= 4 is 5.97 Å². The van der Waals surface area contributed by atoms with Crippen molar-refractivity contribution in [3.8, 4) is 0 Å². The van der Waals surface area contributed by atoms with Gasteiger partial charge in [0.1, 0.15) is 11.6 Å². The highest BCUT2D eigenvalue weighted by Crippen LogP contribution is 2.19. The monoisotopic (exact) mass is 277 g/mol. The molecule has 0 aliphatic rings. The van der Waals surface area contributed by atoms with E-state index < -0.39 is 5.97 Å². The van der Waals surface area contributed by atoms with Crippen LogP contribution in [0.25, 0.3) is 0 Å². The summed E-state index contributed by atoms with van der Waals surface area (Å²) in [6.07, 6.45) is 0. The topological polar surface area (TPSA) is 62.5 Å². The molecule has 5 heteroatoms. The van der Waals surface area contributed by atoms with Crippen LogP contribution >= 0.6 is 0 Å². The van der Waals surface area contributed by atoms with Gasteiger partial charge >= 0.3 is 5.97 Å². The number of nitrogens with one attached hydrogen (secondary N) is 1. The number of carbonyl (C=O) groups is 1. The van der Waals surface area contributed by atoms with E-state index in [4.69, 9.17) is 9.52 Å². The summed E-state index contributed by atoms with van der Waals surface area (Å²) in [5.41, 5.74) is 1.33. The smallest absolute Gasteiger partial charge is 0.371 e. The van der Waals surface area contributed by atoms with Crippen molar-refractivity contribution in [2.75, 3.05) is 0 Å². The number of hydrogen-bond acceptors (Lipinski definition) is 3. The quantitative estimate of drug-likeness (QED) is 0.880. The predicted molar refractivity (Wildman–Crippen MR) is 72.1 cm³/mol. The van der Waals surface area contributed by atoms with Gasteiger partial charge in [-0.2, -0.15) is 0 Å². The molecule has 2 aromatic rings. The molecule has 0 aliphatic heterocycles. The highest BCUT2D eigenvalue weighted by Gasteiger charge is 2.15. The number of rotatable bonds is 5. The third kappa shape index (κ3) is 3.05. The van der Waals surface area contributed by atoms with Crippen molar-refractivity contribution in [1.82, 2.24) is 5.32 Å². The van der Waals surface area contributed by atoms with Crippen LogP contribution < -0.4 is 5.32 Å². The molecule has 2 rings (SSSR count). The summed E-state index contributed by atoms with van der Waals surface area (Å²) in [7, 11) is 0. The second-order valence-electron chi connectivity index (χ2n) is 4.62. The Balaban J connectivity index is 2.05. The van der Waals surface area contributed by atoms with Crippen LogP contribution in [0.1, 0.15) is 40.4 Å². The van der Waals surface area contributed by atoms with Crippen LogP contribution in [0.4, 0.5) is 4.39 Å². The molecule has 4 nitrogen and oxygen atoms in total. The lowest BCUT2D eigenvalue weighted by Gasteiger charge is -2.14. The summed E-state index contributed by atoms with van der Waals surface area (Å²) in [5.74, 6) is -0.891. The zero-order valence-electron chi connectivity index (χ0n) is 11.3. The molecule has 0 unspecified atom stereocenters. The minimum atomic E-state index is -1.10. The molecule has 1 heterocycles. The molecule has 1 aromatic heterocycles. The van der Waals surface area contributed by atoms with Gasteiger partial charge in [-0.15, -0.1) is 0 Å². The van der Waals surface area contributed by atoms with E-state index in [1.807, 2.05) is 6.92 Å². The zero-order valence-corrected chi connectivity index (χ0v) is 11.3. The molecule has 0 spiro atoms. The third-order valence-corrected chi connectivity index (χ3v) is 3.20. The van der Waals surface area contributed by atoms with Crippen molar-refractivity contribution in [3.05, 3.63) is 58.8 Å². The number of halogens is 1. The molecule has 0 aliphatic carbocycles. The van der Waals surface area contributed by atoms with E-state index in [0.717, 1.165) is 5.56 Å². The number of carboxylic acids is 1. The van der Waals surface area contributed by atoms with E-state index in [0.29, 0.717) is 17.9 Å². The van der Waals surface area contributed by atoms with Crippen molar-refractivity contribution in [1.29, 1.82) is 0 Å². The van der Waals surface area contributed by atoms with Crippen LogP contribution in [0.3, 0.4) is 0 Å². The van der Waals surface area contributed by atoms with Crippen LogP contribution in [0.15, 0.2) is 34.7 Å². The Kier molecular flexibility index (Phi) is 4.20. The summed E-state index contributed by atoms with van der Waals surface area (Å²) in [6, 6.07) is 7.86. The van der Waals surface area contributed by atoms with E-state index in [1.165, 1.54) is 12.1 Å². The average Bonchev–Trinajstić information content (AvgIpc) is 2.78. The Morgan fingerprint density at radius 2 is 2.15 bits per heavy atom. The van der Waals surface area contributed by atoms with Crippen LogP contribution in [-0.4, -0.2) is 11.1 Å². The Labute approximate surface area is 116 Å². The first-order valence-corrected chi connectivity index (χ1v) is 6.29. The standard InChI is InChI=1S/C15H16FNO3/c1-9(12-5-3-4-6-13(12)16)17-8-11-7-14(15(18)19)20-10(11)2/h3-7,9,17H,8H2,1-2H3,(H,18,19)/t9-/m1/s1.